The van der Waals surface area contributed by atoms with Gasteiger partial charge in [-0.1, -0.05) is 59.8 Å². The van der Waals surface area contributed by atoms with E-state index in [9.17, 15) is 0 Å². The molecule has 26 heavy (non-hydrogen) atoms. The van der Waals surface area contributed by atoms with E-state index in [1.54, 1.807) is 27.8 Å². The first-order valence-corrected chi connectivity index (χ1v) is 10.2. The lowest BCUT2D eigenvalue weighted by molar-refractivity contribution is 0.756. The van der Waals surface area contributed by atoms with Crippen molar-refractivity contribution in [3.8, 4) is 5.69 Å². The van der Waals surface area contributed by atoms with Crippen molar-refractivity contribution in [2.75, 3.05) is 0 Å². The Hall–Kier alpha value is -2.22. The van der Waals surface area contributed by atoms with Crippen LogP contribution in [0.4, 0.5) is 0 Å². The van der Waals surface area contributed by atoms with Crippen LogP contribution in [0.15, 0.2) is 65.1 Å². The molecule has 4 aromatic rings. The van der Waals surface area contributed by atoms with Crippen molar-refractivity contribution in [3.05, 3.63) is 81.3 Å². The number of halogens is 1. The van der Waals surface area contributed by atoms with E-state index in [2.05, 4.69) is 45.2 Å². The van der Waals surface area contributed by atoms with Crippen LogP contribution in [0.3, 0.4) is 0 Å². The molecule has 0 saturated heterocycles. The molecule has 0 fully saturated rings. The molecule has 2 aromatic carbocycles. The maximum absolute atomic E-state index is 6.06. The number of aromatic nitrogens is 5. The molecule has 130 valence electrons. The smallest absolute Gasteiger partial charge is 0.214 e. The predicted molar refractivity (Wildman–Crippen MR) is 105 cm³/mol. The Morgan fingerprint density at radius 2 is 1.96 bits per heavy atom. The zero-order valence-electron chi connectivity index (χ0n) is 13.6. The summed E-state index contributed by atoms with van der Waals surface area (Å²) in [6, 6.07) is 17.8. The van der Waals surface area contributed by atoms with Gasteiger partial charge in [-0.25, -0.2) is 4.98 Å². The highest BCUT2D eigenvalue weighted by Crippen LogP contribution is 2.25. The van der Waals surface area contributed by atoms with Gasteiger partial charge in [-0.15, -0.1) is 16.4 Å². The fraction of sp³-hybridized carbons (Fsp3) is 0.111. The molecule has 5 nitrogen and oxygen atoms in total. The number of rotatable bonds is 6. The Balaban J connectivity index is 1.43. The zero-order chi connectivity index (χ0) is 17.8. The molecule has 0 spiro atoms. The third kappa shape index (κ3) is 4.12. The molecule has 4 rings (SSSR count). The minimum Gasteiger partial charge on any atom is -0.245 e. The van der Waals surface area contributed by atoms with E-state index in [1.165, 1.54) is 5.56 Å². The number of tetrazole rings is 1. The highest BCUT2D eigenvalue weighted by molar-refractivity contribution is 7.98. The van der Waals surface area contributed by atoms with Crippen molar-refractivity contribution in [3.63, 3.8) is 0 Å². The number of hydrogen-bond donors (Lipinski definition) is 0. The first-order chi connectivity index (χ1) is 12.8. The van der Waals surface area contributed by atoms with Crippen LogP contribution < -0.4 is 0 Å². The van der Waals surface area contributed by atoms with Crippen LogP contribution in [0.25, 0.3) is 5.69 Å². The molecule has 0 saturated carbocycles. The average Bonchev–Trinajstić information content (AvgIpc) is 3.30. The third-order valence-corrected chi connectivity index (χ3v) is 5.73. The SMILES string of the molecule is Clc1cccc(-n2nnnc2SCc2csc(Cc3ccccc3)n2)c1. The van der Waals surface area contributed by atoms with Gasteiger partial charge in [0.1, 0.15) is 0 Å². The minimum absolute atomic E-state index is 0.652. The first kappa shape index (κ1) is 17.2. The van der Waals surface area contributed by atoms with E-state index in [4.69, 9.17) is 16.6 Å². The summed E-state index contributed by atoms with van der Waals surface area (Å²) in [5, 5.41) is 16.5. The monoisotopic (exact) mass is 399 g/mol. The summed E-state index contributed by atoms with van der Waals surface area (Å²) in [6.07, 6.45) is 0.858. The quantitative estimate of drug-likeness (QED) is 0.441. The second-order valence-corrected chi connectivity index (χ2v) is 7.86. The van der Waals surface area contributed by atoms with Crippen molar-refractivity contribution in [2.24, 2.45) is 0 Å². The van der Waals surface area contributed by atoms with E-state index >= 15 is 0 Å². The van der Waals surface area contributed by atoms with Gasteiger partial charge in [-0.3, -0.25) is 0 Å². The maximum atomic E-state index is 6.06. The molecule has 0 aliphatic rings. The number of thiazole rings is 1. The summed E-state index contributed by atoms with van der Waals surface area (Å²) >= 11 is 9.30. The lowest BCUT2D eigenvalue weighted by Crippen LogP contribution is -1.99. The topological polar surface area (TPSA) is 56.5 Å². The van der Waals surface area contributed by atoms with Gasteiger partial charge < -0.3 is 0 Å². The largest absolute Gasteiger partial charge is 0.245 e. The second kappa shape index (κ2) is 7.99. The van der Waals surface area contributed by atoms with Gasteiger partial charge >= 0.3 is 0 Å². The average molecular weight is 400 g/mol. The van der Waals surface area contributed by atoms with Crippen molar-refractivity contribution in [1.82, 2.24) is 25.2 Å². The Morgan fingerprint density at radius 3 is 2.81 bits per heavy atom. The molecule has 0 unspecified atom stereocenters. The Labute approximate surface area is 164 Å². The summed E-state index contributed by atoms with van der Waals surface area (Å²) < 4.78 is 1.69. The Kier molecular flexibility index (Phi) is 5.29. The van der Waals surface area contributed by atoms with Crippen molar-refractivity contribution >= 4 is 34.7 Å². The van der Waals surface area contributed by atoms with E-state index in [0.29, 0.717) is 15.9 Å². The molecule has 0 radical (unpaired) electrons. The van der Waals surface area contributed by atoms with Gasteiger partial charge in [0.2, 0.25) is 5.16 Å². The molecule has 0 N–H and O–H groups in total. The number of hydrogen-bond acceptors (Lipinski definition) is 6. The van der Waals surface area contributed by atoms with Crippen molar-refractivity contribution in [2.45, 2.75) is 17.3 Å². The molecule has 8 heteroatoms. The molecule has 0 aliphatic carbocycles. The summed E-state index contributed by atoms with van der Waals surface area (Å²) in [4.78, 5) is 4.72. The second-order valence-electron chi connectivity index (χ2n) is 5.54. The number of thioether (sulfide) groups is 1. The minimum atomic E-state index is 0.652. The molecule has 2 heterocycles. The van der Waals surface area contributed by atoms with E-state index < -0.39 is 0 Å². The standard InChI is InChI=1S/C18H14ClN5S2/c19-14-7-4-8-16(10-14)24-18(21-22-23-24)26-12-15-11-25-17(20-15)9-13-5-2-1-3-6-13/h1-8,10-11H,9,12H2. The van der Waals surface area contributed by atoms with Crippen LogP contribution in [0.5, 0.6) is 0 Å². The van der Waals surface area contributed by atoms with Crippen LogP contribution in [0.2, 0.25) is 5.02 Å². The molecular formula is C18H14ClN5S2. The molecule has 0 aliphatic heterocycles. The maximum Gasteiger partial charge on any atom is 0.214 e. The molecule has 0 bridgehead atoms. The Bertz CT molecular complexity index is 1000. The fourth-order valence-corrected chi connectivity index (χ4v) is 4.35. The van der Waals surface area contributed by atoms with Gasteiger partial charge in [0.15, 0.2) is 0 Å². The van der Waals surface area contributed by atoms with Gasteiger partial charge in [0.25, 0.3) is 0 Å². The summed E-state index contributed by atoms with van der Waals surface area (Å²) in [5.74, 6) is 0.715. The highest BCUT2D eigenvalue weighted by atomic mass is 35.5. The lowest BCUT2D eigenvalue weighted by Gasteiger charge is -2.03. The normalized spacial score (nSPS) is 11.0. The van der Waals surface area contributed by atoms with E-state index in [0.717, 1.165) is 22.8 Å². The first-order valence-electron chi connectivity index (χ1n) is 7.92. The van der Waals surface area contributed by atoms with Gasteiger partial charge in [-0.05, 0) is 34.2 Å². The van der Waals surface area contributed by atoms with Gasteiger partial charge in [-0.2, -0.15) is 4.68 Å². The van der Waals surface area contributed by atoms with Crippen molar-refractivity contribution in [1.29, 1.82) is 0 Å². The van der Waals surface area contributed by atoms with Crippen molar-refractivity contribution < 1.29 is 0 Å². The van der Waals surface area contributed by atoms with Crippen LogP contribution >= 0.6 is 34.7 Å². The van der Waals surface area contributed by atoms with Crippen LogP contribution in [-0.2, 0) is 12.2 Å². The summed E-state index contributed by atoms with van der Waals surface area (Å²) in [6.45, 7) is 0. The van der Waals surface area contributed by atoms with Crippen LogP contribution in [0, 0.1) is 0 Å². The summed E-state index contributed by atoms with van der Waals surface area (Å²) in [5.41, 5.74) is 3.14. The highest BCUT2D eigenvalue weighted by Gasteiger charge is 2.11. The van der Waals surface area contributed by atoms with Crippen LogP contribution in [-0.4, -0.2) is 25.2 Å². The van der Waals surface area contributed by atoms with Gasteiger partial charge in [0, 0.05) is 22.6 Å². The predicted octanol–water partition coefficient (Wildman–Crippen LogP) is 4.66. The third-order valence-electron chi connectivity index (χ3n) is 3.64. The van der Waals surface area contributed by atoms with E-state index in [1.807, 2.05) is 30.3 Å². The lowest BCUT2D eigenvalue weighted by atomic mass is 10.2. The molecule has 2 aromatic heterocycles. The van der Waals surface area contributed by atoms with E-state index in [-0.39, 0.29) is 0 Å². The Morgan fingerprint density at radius 1 is 1.08 bits per heavy atom. The number of benzene rings is 2. The number of nitrogens with zero attached hydrogens (tertiary/aromatic N) is 5. The molecular weight excluding hydrogens is 386 g/mol. The summed E-state index contributed by atoms with van der Waals surface area (Å²) in [7, 11) is 0. The van der Waals surface area contributed by atoms with Gasteiger partial charge in [0.05, 0.1) is 16.4 Å². The zero-order valence-corrected chi connectivity index (χ0v) is 16.0. The molecule has 0 amide bonds. The van der Waals surface area contributed by atoms with Crippen LogP contribution in [0.1, 0.15) is 16.3 Å². The fourth-order valence-electron chi connectivity index (χ4n) is 2.44. The molecule has 0 atom stereocenters.